The van der Waals surface area contributed by atoms with Crippen LogP contribution >= 0.6 is 11.6 Å². The van der Waals surface area contributed by atoms with Crippen molar-refractivity contribution in [2.45, 2.75) is 6.42 Å². The third-order valence-electron chi connectivity index (χ3n) is 3.08. The number of non-ortho nitro benzene ring substituents is 1. The summed E-state index contributed by atoms with van der Waals surface area (Å²) in [6.45, 7) is 0.391. The summed E-state index contributed by atoms with van der Waals surface area (Å²) < 4.78 is 0. The minimum atomic E-state index is -0.568. The molecule has 3 N–H and O–H groups in total. The number of nitrogens with two attached hydrogens (primary N) is 1. The van der Waals surface area contributed by atoms with Crippen molar-refractivity contribution in [2.75, 3.05) is 12.3 Å². The van der Waals surface area contributed by atoms with E-state index in [0.29, 0.717) is 18.7 Å². The molecule has 7 heteroatoms. The van der Waals surface area contributed by atoms with Gasteiger partial charge in [-0.1, -0.05) is 23.7 Å². The maximum absolute atomic E-state index is 12.0. The van der Waals surface area contributed by atoms with E-state index in [9.17, 15) is 14.9 Å². The van der Waals surface area contributed by atoms with Crippen LogP contribution in [0.5, 0.6) is 0 Å². The number of rotatable bonds is 5. The molecule has 0 saturated heterocycles. The zero-order valence-electron chi connectivity index (χ0n) is 11.6. The molecule has 22 heavy (non-hydrogen) atoms. The van der Waals surface area contributed by atoms with Gasteiger partial charge in [0.15, 0.2) is 0 Å². The minimum absolute atomic E-state index is 0.0909. The SMILES string of the molecule is Nc1ccc(CCNC(=O)c2cc([N+](=O)[O-])ccc2Cl)cc1. The summed E-state index contributed by atoms with van der Waals surface area (Å²) in [5, 5.41) is 13.6. The maximum Gasteiger partial charge on any atom is 0.270 e. The number of amides is 1. The lowest BCUT2D eigenvalue weighted by molar-refractivity contribution is -0.384. The number of benzene rings is 2. The lowest BCUT2D eigenvalue weighted by atomic mass is 10.1. The Labute approximate surface area is 132 Å². The second kappa shape index (κ2) is 6.91. The second-order valence-corrected chi connectivity index (χ2v) is 5.08. The van der Waals surface area contributed by atoms with Gasteiger partial charge in [-0.3, -0.25) is 14.9 Å². The van der Waals surface area contributed by atoms with Crippen LogP contribution in [0, 0.1) is 10.1 Å². The van der Waals surface area contributed by atoms with E-state index < -0.39 is 10.8 Å². The van der Waals surface area contributed by atoms with Gasteiger partial charge in [-0.2, -0.15) is 0 Å². The lowest BCUT2D eigenvalue weighted by Crippen LogP contribution is -2.26. The van der Waals surface area contributed by atoms with Crippen LogP contribution in [0.4, 0.5) is 11.4 Å². The van der Waals surface area contributed by atoms with E-state index in [-0.39, 0.29) is 16.3 Å². The fourth-order valence-corrected chi connectivity index (χ4v) is 2.10. The monoisotopic (exact) mass is 319 g/mol. The summed E-state index contributed by atoms with van der Waals surface area (Å²) in [4.78, 5) is 22.2. The number of nitro groups is 1. The van der Waals surface area contributed by atoms with Crippen LogP contribution in [-0.4, -0.2) is 17.4 Å². The molecule has 0 aliphatic heterocycles. The number of halogens is 1. The molecule has 0 aromatic heterocycles. The Hall–Kier alpha value is -2.60. The molecule has 0 heterocycles. The first-order chi connectivity index (χ1) is 10.5. The fraction of sp³-hybridized carbons (Fsp3) is 0.133. The molecule has 2 aromatic rings. The molecule has 0 atom stereocenters. The zero-order valence-corrected chi connectivity index (χ0v) is 12.3. The fourth-order valence-electron chi connectivity index (χ4n) is 1.90. The largest absolute Gasteiger partial charge is 0.399 e. The number of nitrogen functional groups attached to an aromatic ring is 1. The van der Waals surface area contributed by atoms with E-state index in [0.717, 1.165) is 5.56 Å². The maximum atomic E-state index is 12.0. The number of anilines is 1. The summed E-state index contributed by atoms with van der Waals surface area (Å²) in [6, 6.07) is 11.1. The predicted octanol–water partition coefficient (Wildman–Crippen LogP) is 2.80. The quantitative estimate of drug-likeness (QED) is 0.503. The number of carbonyl (C=O) groups is 1. The number of hydrogen-bond donors (Lipinski definition) is 2. The number of hydrogen-bond acceptors (Lipinski definition) is 4. The average Bonchev–Trinajstić information content (AvgIpc) is 2.49. The van der Waals surface area contributed by atoms with Gasteiger partial charge in [-0.25, -0.2) is 0 Å². The van der Waals surface area contributed by atoms with E-state index in [2.05, 4.69) is 5.32 Å². The zero-order chi connectivity index (χ0) is 16.1. The Kier molecular flexibility index (Phi) is 4.95. The highest BCUT2D eigenvalue weighted by Gasteiger charge is 2.15. The molecular formula is C15H14ClN3O3. The van der Waals surface area contributed by atoms with Gasteiger partial charge in [-0.15, -0.1) is 0 Å². The van der Waals surface area contributed by atoms with Crippen LogP contribution in [0.25, 0.3) is 0 Å². The summed E-state index contributed by atoms with van der Waals surface area (Å²) in [5.41, 5.74) is 7.22. The van der Waals surface area contributed by atoms with Crippen LogP contribution < -0.4 is 11.1 Å². The minimum Gasteiger partial charge on any atom is -0.399 e. The van der Waals surface area contributed by atoms with E-state index in [1.54, 1.807) is 12.1 Å². The molecule has 114 valence electrons. The number of nitrogens with zero attached hydrogens (tertiary/aromatic N) is 1. The van der Waals surface area contributed by atoms with Crippen molar-refractivity contribution in [1.82, 2.24) is 5.32 Å². The Balaban J connectivity index is 1.99. The molecule has 0 aliphatic carbocycles. The van der Waals surface area contributed by atoms with Gasteiger partial charge >= 0.3 is 0 Å². The summed E-state index contributed by atoms with van der Waals surface area (Å²) in [7, 11) is 0. The van der Waals surface area contributed by atoms with E-state index in [4.69, 9.17) is 17.3 Å². The highest BCUT2D eigenvalue weighted by molar-refractivity contribution is 6.33. The van der Waals surface area contributed by atoms with Crippen LogP contribution in [0.3, 0.4) is 0 Å². The third kappa shape index (κ3) is 3.95. The van der Waals surface area contributed by atoms with Gasteiger partial charge in [0.2, 0.25) is 0 Å². The Morgan fingerprint density at radius 3 is 2.55 bits per heavy atom. The van der Waals surface area contributed by atoms with Gasteiger partial charge in [0.25, 0.3) is 11.6 Å². The first kappa shape index (κ1) is 15.8. The Morgan fingerprint density at radius 2 is 1.91 bits per heavy atom. The van der Waals surface area contributed by atoms with Crippen LogP contribution in [0.2, 0.25) is 5.02 Å². The Morgan fingerprint density at radius 1 is 1.23 bits per heavy atom. The normalized spacial score (nSPS) is 10.2. The van der Waals surface area contributed by atoms with Crippen molar-refractivity contribution in [3.8, 4) is 0 Å². The van der Waals surface area contributed by atoms with Crippen LogP contribution in [0.15, 0.2) is 42.5 Å². The highest BCUT2D eigenvalue weighted by Crippen LogP contribution is 2.21. The molecule has 0 unspecified atom stereocenters. The summed E-state index contributed by atoms with van der Waals surface area (Å²) in [6.07, 6.45) is 0.624. The van der Waals surface area contributed by atoms with E-state index >= 15 is 0 Å². The lowest BCUT2D eigenvalue weighted by Gasteiger charge is -2.07. The molecule has 0 bridgehead atoms. The molecule has 0 radical (unpaired) electrons. The highest BCUT2D eigenvalue weighted by atomic mass is 35.5. The molecular weight excluding hydrogens is 306 g/mol. The van der Waals surface area contributed by atoms with Gasteiger partial charge in [0, 0.05) is 24.4 Å². The molecule has 6 nitrogen and oxygen atoms in total. The predicted molar refractivity (Wildman–Crippen MR) is 85.0 cm³/mol. The molecule has 2 aromatic carbocycles. The van der Waals surface area contributed by atoms with Gasteiger partial charge in [0.05, 0.1) is 15.5 Å². The summed E-state index contributed by atoms with van der Waals surface area (Å²) in [5.74, 6) is -0.441. The topological polar surface area (TPSA) is 98.3 Å². The molecule has 1 amide bonds. The second-order valence-electron chi connectivity index (χ2n) is 4.67. The van der Waals surface area contributed by atoms with Crippen molar-refractivity contribution >= 4 is 28.9 Å². The van der Waals surface area contributed by atoms with Crippen LogP contribution in [-0.2, 0) is 6.42 Å². The van der Waals surface area contributed by atoms with Crippen molar-refractivity contribution in [1.29, 1.82) is 0 Å². The average molecular weight is 320 g/mol. The number of nitro benzene ring substituents is 1. The molecule has 0 aliphatic rings. The molecule has 2 rings (SSSR count). The van der Waals surface area contributed by atoms with Gasteiger partial charge < -0.3 is 11.1 Å². The van der Waals surface area contributed by atoms with Crippen molar-refractivity contribution < 1.29 is 9.72 Å². The first-order valence-corrected chi connectivity index (χ1v) is 6.92. The molecule has 0 spiro atoms. The van der Waals surface area contributed by atoms with Crippen molar-refractivity contribution in [3.05, 3.63) is 68.7 Å². The van der Waals surface area contributed by atoms with Crippen molar-refractivity contribution in [2.24, 2.45) is 0 Å². The number of nitrogens with one attached hydrogen (secondary N) is 1. The summed E-state index contributed by atoms with van der Waals surface area (Å²) >= 11 is 5.91. The van der Waals surface area contributed by atoms with Gasteiger partial charge in [0.1, 0.15) is 0 Å². The Bertz CT molecular complexity index is 702. The van der Waals surface area contributed by atoms with E-state index in [1.807, 2.05) is 12.1 Å². The first-order valence-electron chi connectivity index (χ1n) is 6.54. The van der Waals surface area contributed by atoms with Crippen molar-refractivity contribution in [3.63, 3.8) is 0 Å². The molecule has 0 saturated carbocycles. The smallest absolute Gasteiger partial charge is 0.270 e. The standard InChI is InChI=1S/C15H14ClN3O3/c16-14-6-5-12(19(21)22)9-13(14)15(20)18-8-7-10-1-3-11(17)4-2-10/h1-6,9H,7-8,17H2,(H,18,20). The third-order valence-corrected chi connectivity index (χ3v) is 3.41. The van der Waals surface area contributed by atoms with E-state index in [1.165, 1.54) is 18.2 Å². The van der Waals surface area contributed by atoms with Gasteiger partial charge in [-0.05, 0) is 30.2 Å². The van der Waals surface area contributed by atoms with Crippen LogP contribution in [0.1, 0.15) is 15.9 Å². The molecule has 0 fully saturated rings. The number of carbonyl (C=O) groups excluding carboxylic acids is 1.